The fourth-order valence-corrected chi connectivity index (χ4v) is 3.60. The van der Waals surface area contributed by atoms with Gasteiger partial charge in [0.25, 0.3) is 5.91 Å². The highest BCUT2D eigenvalue weighted by Gasteiger charge is 2.40. The lowest BCUT2D eigenvalue weighted by atomic mass is 9.94. The zero-order valence-corrected chi connectivity index (χ0v) is 11.3. The monoisotopic (exact) mass is 263 g/mol. The SMILES string of the molecule is Cc1ccc(C(=O)N2CCCC2C2CCCC2O)o1. The van der Waals surface area contributed by atoms with Gasteiger partial charge in [0.1, 0.15) is 5.76 Å². The van der Waals surface area contributed by atoms with Crippen molar-refractivity contribution < 1.29 is 14.3 Å². The summed E-state index contributed by atoms with van der Waals surface area (Å²) >= 11 is 0. The van der Waals surface area contributed by atoms with Crippen molar-refractivity contribution in [2.75, 3.05) is 6.54 Å². The van der Waals surface area contributed by atoms with Gasteiger partial charge >= 0.3 is 0 Å². The van der Waals surface area contributed by atoms with Gasteiger partial charge < -0.3 is 14.4 Å². The molecule has 1 aromatic rings. The van der Waals surface area contributed by atoms with Gasteiger partial charge in [-0.2, -0.15) is 0 Å². The maximum Gasteiger partial charge on any atom is 0.289 e. The highest BCUT2D eigenvalue weighted by molar-refractivity contribution is 5.92. The third-order valence-electron chi connectivity index (χ3n) is 4.54. The molecule has 2 heterocycles. The molecule has 0 spiro atoms. The molecule has 3 atom stereocenters. The summed E-state index contributed by atoms with van der Waals surface area (Å²) in [6, 6.07) is 3.76. The quantitative estimate of drug-likeness (QED) is 0.891. The van der Waals surface area contributed by atoms with Gasteiger partial charge in [0, 0.05) is 18.5 Å². The van der Waals surface area contributed by atoms with Crippen molar-refractivity contribution in [3.05, 3.63) is 23.7 Å². The standard InChI is InChI=1S/C15H21NO3/c1-10-7-8-14(19-10)15(18)16-9-3-5-12(16)11-4-2-6-13(11)17/h7-8,11-13,17H,2-6,9H2,1H3. The summed E-state index contributed by atoms with van der Waals surface area (Å²) in [6.45, 7) is 2.63. The third kappa shape index (κ3) is 2.29. The van der Waals surface area contributed by atoms with Gasteiger partial charge in [0.2, 0.25) is 0 Å². The van der Waals surface area contributed by atoms with E-state index in [0.29, 0.717) is 5.76 Å². The molecule has 1 aliphatic carbocycles. The van der Waals surface area contributed by atoms with E-state index in [9.17, 15) is 9.90 Å². The van der Waals surface area contributed by atoms with Crippen LogP contribution < -0.4 is 0 Å². The number of hydrogen-bond acceptors (Lipinski definition) is 3. The van der Waals surface area contributed by atoms with E-state index in [1.54, 1.807) is 6.07 Å². The summed E-state index contributed by atoms with van der Waals surface area (Å²) < 4.78 is 5.44. The van der Waals surface area contributed by atoms with Crippen LogP contribution in [0.3, 0.4) is 0 Å². The lowest BCUT2D eigenvalue weighted by molar-refractivity contribution is 0.0502. The van der Waals surface area contributed by atoms with E-state index in [-0.39, 0.29) is 24.0 Å². The van der Waals surface area contributed by atoms with Crippen molar-refractivity contribution in [2.24, 2.45) is 5.92 Å². The molecule has 4 nitrogen and oxygen atoms in total. The van der Waals surface area contributed by atoms with Gasteiger partial charge in [-0.15, -0.1) is 0 Å². The summed E-state index contributed by atoms with van der Waals surface area (Å²) in [7, 11) is 0. The molecule has 2 aliphatic rings. The van der Waals surface area contributed by atoms with E-state index in [2.05, 4.69) is 0 Å². The number of carbonyl (C=O) groups is 1. The number of nitrogens with zero attached hydrogens (tertiary/aromatic N) is 1. The molecule has 19 heavy (non-hydrogen) atoms. The van der Waals surface area contributed by atoms with Crippen molar-refractivity contribution in [1.82, 2.24) is 4.90 Å². The zero-order chi connectivity index (χ0) is 13.4. The van der Waals surface area contributed by atoms with Crippen LogP contribution in [0.1, 0.15) is 48.4 Å². The molecule has 0 bridgehead atoms. The molecule has 1 aliphatic heterocycles. The van der Waals surface area contributed by atoms with Gasteiger partial charge in [-0.1, -0.05) is 6.42 Å². The molecule has 2 fully saturated rings. The van der Waals surface area contributed by atoms with Crippen molar-refractivity contribution in [2.45, 2.75) is 51.2 Å². The average Bonchev–Trinajstić information content (AvgIpc) is 3.07. The molecule has 1 aromatic heterocycles. The molecule has 1 amide bonds. The van der Waals surface area contributed by atoms with Crippen LogP contribution in [0.2, 0.25) is 0 Å². The van der Waals surface area contributed by atoms with E-state index in [4.69, 9.17) is 4.42 Å². The van der Waals surface area contributed by atoms with Gasteiger partial charge in [0.15, 0.2) is 5.76 Å². The maximum absolute atomic E-state index is 12.5. The Morgan fingerprint density at radius 1 is 1.32 bits per heavy atom. The molecule has 4 heteroatoms. The predicted molar refractivity (Wildman–Crippen MR) is 70.9 cm³/mol. The fourth-order valence-electron chi connectivity index (χ4n) is 3.60. The average molecular weight is 263 g/mol. The second-order valence-electron chi connectivity index (χ2n) is 5.78. The number of aliphatic hydroxyl groups excluding tert-OH is 1. The lowest BCUT2D eigenvalue weighted by Gasteiger charge is -2.30. The minimum atomic E-state index is -0.239. The Hall–Kier alpha value is -1.29. The number of aliphatic hydroxyl groups is 1. The maximum atomic E-state index is 12.5. The van der Waals surface area contributed by atoms with Crippen molar-refractivity contribution >= 4 is 5.91 Å². The van der Waals surface area contributed by atoms with Crippen LogP contribution in [0.15, 0.2) is 16.5 Å². The Morgan fingerprint density at radius 3 is 2.79 bits per heavy atom. The molecule has 1 saturated heterocycles. The highest BCUT2D eigenvalue weighted by Crippen LogP contribution is 2.36. The first-order valence-corrected chi connectivity index (χ1v) is 7.22. The minimum absolute atomic E-state index is 0.0188. The molecule has 3 unspecified atom stereocenters. The predicted octanol–water partition coefficient (Wildman–Crippen LogP) is 2.35. The first-order chi connectivity index (χ1) is 9.16. The highest BCUT2D eigenvalue weighted by atomic mass is 16.3. The Morgan fingerprint density at radius 2 is 2.16 bits per heavy atom. The lowest BCUT2D eigenvalue weighted by Crippen LogP contribution is -2.42. The molecule has 3 rings (SSSR count). The Labute approximate surface area is 113 Å². The summed E-state index contributed by atoms with van der Waals surface area (Å²) in [5, 5.41) is 10.1. The number of likely N-dealkylation sites (tertiary alicyclic amines) is 1. The van der Waals surface area contributed by atoms with Crippen molar-refractivity contribution in [3.63, 3.8) is 0 Å². The van der Waals surface area contributed by atoms with Crippen molar-refractivity contribution in [3.8, 4) is 0 Å². The van der Waals surface area contributed by atoms with Crippen molar-refractivity contribution in [1.29, 1.82) is 0 Å². The zero-order valence-electron chi connectivity index (χ0n) is 11.3. The van der Waals surface area contributed by atoms with E-state index < -0.39 is 0 Å². The Kier molecular flexibility index (Phi) is 3.35. The molecule has 1 saturated carbocycles. The second kappa shape index (κ2) is 5.00. The first-order valence-electron chi connectivity index (χ1n) is 7.22. The smallest absolute Gasteiger partial charge is 0.289 e. The normalized spacial score (nSPS) is 31.1. The summed E-state index contributed by atoms with van der Waals surface area (Å²) in [6.07, 6.45) is 4.78. The van der Waals surface area contributed by atoms with Gasteiger partial charge in [-0.25, -0.2) is 0 Å². The van der Waals surface area contributed by atoms with Crippen LogP contribution in [0.5, 0.6) is 0 Å². The van der Waals surface area contributed by atoms with E-state index >= 15 is 0 Å². The number of rotatable bonds is 2. The second-order valence-corrected chi connectivity index (χ2v) is 5.78. The van der Waals surface area contributed by atoms with Gasteiger partial charge in [-0.3, -0.25) is 4.79 Å². The Bertz CT molecular complexity index is 468. The number of amides is 1. The number of furan rings is 1. The number of aryl methyl sites for hydroxylation is 1. The molecule has 104 valence electrons. The van der Waals surface area contributed by atoms with Crippen LogP contribution in [0.25, 0.3) is 0 Å². The molecular formula is C15H21NO3. The first kappa shape index (κ1) is 12.7. The van der Waals surface area contributed by atoms with E-state index in [1.165, 1.54) is 0 Å². The molecular weight excluding hydrogens is 242 g/mol. The van der Waals surface area contributed by atoms with Crippen LogP contribution in [0.4, 0.5) is 0 Å². The summed E-state index contributed by atoms with van der Waals surface area (Å²) in [5.41, 5.74) is 0. The number of carbonyl (C=O) groups excluding carboxylic acids is 1. The Balaban J connectivity index is 1.77. The van der Waals surface area contributed by atoms with Crippen LogP contribution >= 0.6 is 0 Å². The van der Waals surface area contributed by atoms with Crippen LogP contribution in [-0.4, -0.2) is 34.6 Å². The molecule has 0 aromatic carbocycles. The summed E-state index contributed by atoms with van der Waals surface area (Å²) in [5.74, 6) is 1.43. The molecule has 0 radical (unpaired) electrons. The van der Waals surface area contributed by atoms with Crippen LogP contribution in [-0.2, 0) is 0 Å². The van der Waals surface area contributed by atoms with Gasteiger partial charge in [0.05, 0.1) is 6.10 Å². The minimum Gasteiger partial charge on any atom is -0.456 e. The van der Waals surface area contributed by atoms with Gasteiger partial charge in [-0.05, 0) is 44.7 Å². The topological polar surface area (TPSA) is 53.7 Å². The molecule has 1 N–H and O–H groups in total. The largest absolute Gasteiger partial charge is 0.456 e. The van der Waals surface area contributed by atoms with E-state index in [1.807, 2.05) is 17.9 Å². The van der Waals surface area contributed by atoms with E-state index in [0.717, 1.165) is 44.4 Å². The summed E-state index contributed by atoms with van der Waals surface area (Å²) in [4.78, 5) is 14.4. The fraction of sp³-hybridized carbons (Fsp3) is 0.667. The van der Waals surface area contributed by atoms with Crippen LogP contribution in [0, 0.1) is 12.8 Å². The number of hydrogen-bond donors (Lipinski definition) is 1. The third-order valence-corrected chi connectivity index (χ3v) is 4.54.